The monoisotopic (exact) mass is 292 g/mol. The van der Waals surface area contributed by atoms with Crippen molar-refractivity contribution in [2.24, 2.45) is 16.8 Å². The average molecular weight is 292 g/mol. The minimum atomic E-state index is -2.41. The second kappa shape index (κ2) is 10.7. The molecule has 0 aliphatic carbocycles. The summed E-state index contributed by atoms with van der Waals surface area (Å²) in [5.74, 6) is 0.197. The van der Waals surface area contributed by atoms with E-state index in [0.29, 0.717) is 5.92 Å². The van der Waals surface area contributed by atoms with E-state index in [1.165, 1.54) is 0 Å². The van der Waals surface area contributed by atoms with Crippen LogP contribution >= 0.6 is 0 Å². The zero-order valence-corrected chi connectivity index (χ0v) is 14.0. The first-order chi connectivity index (χ1) is 8.98. The molecule has 0 aromatic heterocycles. The topological polar surface area (TPSA) is 38.4 Å². The van der Waals surface area contributed by atoms with Gasteiger partial charge in [0, 0.05) is 12.0 Å². The summed E-state index contributed by atoms with van der Waals surface area (Å²) in [5, 5.41) is 10.8. The zero-order valence-electron chi connectivity index (χ0n) is 14.0. The highest BCUT2D eigenvalue weighted by atomic mass is 19.3. The molecule has 0 aromatic rings. The number of aliphatic imine (C=N–C) groups is 1. The van der Waals surface area contributed by atoms with Crippen LogP contribution < -0.4 is 0 Å². The van der Waals surface area contributed by atoms with Crippen LogP contribution in [-0.4, -0.2) is 35.2 Å². The van der Waals surface area contributed by atoms with Gasteiger partial charge in [-0.3, -0.25) is 4.99 Å². The van der Waals surface area contributed by atoms with Crippen molar-refractivity contribution in [1.82, 2.24) is 0 Å². The highest BCUT2D eigenvalue weighted by molar-refractivity contribution is 5.89. The zero-order chi connectivity index (χ0) is 16.5. The molecule has 0 aliphatic rings. The molecule has 0 N–H and O–H groups in total. The lowest BCUT2D eigenvalue weighted by Crippen LogP contribution is -2.19. The predicted octanol–water partition coefficient (Wildman–Crippen LogP) is 4.39. The van der Waals surface area contributed by atoms with Crippen LogP contribution in [0.5, 0.6) is 0 Å². The Hall–Kier alpha value is -1.00. The van der Waals surface area contributed by atoms with E-state index in [4.69, 9.17) is 0 Å². The third kappa shape index (κ3) is 12.1. The Morgan fingerprint density at radius 3 is 1.55 bits per heavy atom. The van der Waals surface area contributed by atoms with Crippen LogP contribution in [0.3, 0.4) is 0 Å². The molecular weight excluding hydrogens is 262 g/mol. The molecule has 0 aromatic carbocycles. The molecule has 0 bridgehead atoms. The van der Waals surface area contributed by atoms with Gasteiger partial charge in [0.2, 0.25) is 0 Å². The fourth-order valence-electron chi connectivity index (χ4n) is 1.22. The van der Waals surface area contributed by atoms with Gasteiger partial charge in [-0.2, -0.15) is 0 Å². The van der Waals surface area contributed by atoms with E-state index in [2.05, 4.69) is 4.99 Å². The van der Waals surface area contributed by atoms with E-state index >= 15 is 0 Å². The largest absolute Gasteiger partial charge is 0.624 e. The predicted molar refractivity (Wildman–Crippen MR) is 83.1 cm³/mol. The van der Waals surface area contributed by atoms with Crippen LogP contribution in [0.4, 0.5) is 8.78 Å². The maximum Gasteiger partial charge on any atom is 0.276 e. The maximum absolute atomic E-state index is 12.2. The quantitative estimate of drug-likeness (QED) is 0.320. The van der Waals surface area contributed by atoms with Gasteiger partial charge in [0.1, 0.15) is 0 Å². The number of hydrogen-bond acceptors (Lipinski definition) is 2. The Kier molecular flexibility index (Phi) is 11.4. The van der Waals surface area contributed by atoms with Crippen LogP contribution in [0.1, 0.15) is 55.4 Å². The third-order valence-electron chi connectivity index (χ3n) is 2.18. The fourth-order valence-corrected chi connectivity index (χ4v) is 1.22. The summed E-state index contributed by atoms with van der Waals surface area (Å²) in [6.45, 7) is 14.8. The van der Waals surface area contributed by atoms with Crippen LogP contribution in [0, 0.1) is 17.0 Å². The molecule has 0 amide bonds. The summed E-state index contributed by atoms with van der Waals surface area (Å²) in [4.78, 5) is 3.84. The van der Waals surface area contributed by atoms with Gasteiger partial charge < -0.3 is 5.21 Å². The molecule has 0 atom stereocenters. The molecule has 0 heterocycles. The van der Waals surface area contributed by atoms with Crippen LogP contribution in [0.15, 0.2) is 4.99 Å². The lowest BCUT2D eigenvalue weighted by atomic mass is 10.1. The summed E-state index contributed by atoms with van der Waals surface area (Å²) in [7, 11) is 0. The highest BCUT2D eigenvalue weighted by Crippen LogP contribution is 2.08. The normalized spacial score (nSPS) is 13.6. The minimum Gasteiger partial charge on any atom is -0.624 e. The van der Waals surface area contributed by atoms with E-state index in [1.807, 2.05) is 27.7 Å². The number of halogens is 2. The van der Waals surface area contributed by atoms with Crippen LogP contribution in [0.25, 0.3) is 0 Å². The Bertz CT molecular complexity index is 299. The molecule has 0 radical (unpaired) electrons. The average Bonchev–Trinajstić information content (AvgIpc) is 2.24. The highest BCUT2D eigenvalue weighted by Gasteiger charge is 2.16. The van der Waals surface area contributed by atoms with Crippen molar-refractivity contribution in [3.8, 4) is 0 Å². The van der Waals surface area contributed by atoms with Crippen molar-refractivity contribution < 1.29 is 13.5 Å². The molecule has 3 nitrogen and oxygen atoms in total. The summed E-state index contributed by atoms with van der Waals surface area (Å²) >= 11 is 0. The van der Waals surface area contributed by atoms with Gasteiger partial charge >= 0.3 is 0 Å². The first-order valence-corrected chi connectivity index (χ1v) is 7.15. The van der Waals surface area contributed by atoms with E-state index in [9.17, 15) is 14.0 Å². The summed E-state index contributed by atoms with van der Waals surface area (Å²) in [5.41, 5.74) is 0.0139. The van der Waals surface area contributed by atoms with E-state index < -0.39 is 6.43 Å². The molecule has 0 fully saturated rings. The summed E-state index contributed by atoms with van der Waals surface area (Å²) in [6.07, 6.45) is -0.720. The Morgan fingerprint density at radius 1 is 1.00 bits per heavy atom. The first-order valence-electron chi connectivity index (χ1n) is 7.15. The SMILES string of the molecule is CC(C)/C=[N+](/[O-])C(C)C.CC(C)N=C(C(C)C)C(F)F. The van der Waals surface area contributed by atoms with Gasteiger partial charge in [-0.25, -0.2) is 13.5 Å². The van der Waals surface area contributed by atoms with Gasteiger partial charge in [-0.1, -0.05) is 27.7 Å². The van der Waals surface area contributed by atoms with E-state index in [0.717, 1.165) is 4.74 Å². The first kappa shape index (κ1) is 21.3. The second-order valence-corrected chi connectivity index (χ2v) is 5.95. The van der Waals surface area contributed by atoms with Gasteiger partial charge in [0.15, 0.2) is 12.3 Å². The van der Waals surface area contributed by atoms with E-state index in [1.54, 1.807) is 33.9 Å². The van der Waals surface area contributed by atoms with Crippen molar-refractivity contribution in [1.29, 1.82) is 0 Å². The summed E-state index contributed by atoms with van der Waals surface area (Å²) in [6, 6.07) is 0.0359. The number of nitrogens with zero attached hydrogens (tertiary/aromatic N) is 2. The van der Waals surface area contributed by atoms with Gasteiger partial charge in [-0.15, -0.1) is 0 Å². The fraction of sp³-hybridized carbons (Fsp3) is 0.867. The smallest absolute Gasteiger partial charge is 0.276 e. The van der Waals surface area contributed by atoms with E-state index in [-0.39, 0.29) is 23.7 Å². The van der Waals surface area contributed by atoms with Crippen molar-refractivity contribution in [3.05, 3.63) is 5.21 Å². The van der Waals surface area contributed by atoms with Crippen molar-refractivity contribution >= 4 is 11.9 Å². The van der Waals surface area contributed by atoms with Crippen LogP contribution in [0.2, 0.25) is 0 Å². The molecule has 0 saturated heterocycles. The van der Waals surface area contributed by atoms with Crippen molar-refractivity contribution in [2.45, 2.75) is 73.9 Å². The van der Waals surface area contributed by atoms with Gasteiger partial charge in [0.05, 0.1) is 5.71 Å². The lowest BCUT2D eigenvalue weighted by molar-refractivity contribution is -0.489. The summed E-state index contributed by atoms with van der Waals surface area (Å²) < 4.78 is 25.3. The minimum absolute atomic E-state index is 0.0139. The number of rotatable bonds is 5. The van der Waals surface area contributed by atoms with Gasteiger partial charge in [-0.05, 0) is 33.6 Å². The lowest BCUT2D eigenvalue weighted by Gasteiger charge is -2.10. The molecule has 0 aliphatic heterocycles. The Labute approximate surface area is 122 Å². The molecule has 0 saturated carbocycles. The van der Waals surface area contributed by atoms with Crippen LogP contribution in [-0.2, 0) is 0 Å². The Balaban J connectivity index is 0. The molecule has 0 rings (SSSR count). The molecule has 20 heavy (non-hydrogen) atoms. The molecule has 120 valence electrons. The molecule has 5 heteroatoms. The molecular formula is C15H30F2N2O. The van der Waals surface area contributed by atoms with Gasteiger partial charge in [0.25, 0.3) is 6.43 Å². The number of hydroxylamine groups is 1. The third-order valence-corrected chi connectivity index (χ3v) is 2.18. The number of hydrogen-bond donors (Lipinski definition) is 0. The van der Waals surface area contributed by atoms with Crippen molar-refractivity contribution in [2.75, 3.05) is 0 Å². The van der Waals surface area contributed by atoms with Crippen molar-refractivity contribution in [3.63, 3.8) is 0 Å². The second-order valence-electron chi connectivity index (χ2n) is 5.95. The molecule has 0 unspecified atom stereocenters. The number of alkyl halides is 2. The Morgan fingerprint density at radius 2 is 1.45 bits per heavy atom. The molecule has 0 spiro atoms. The maximum atomic E-state index is 12.2. The standard InChI is InChI=1S/C8H15F2N.C7H15NO/c1-5(2)7(8(9)10)11-6(3)4;1-6(2)5-8(9)7(3)4/h5-6,8H,1-4H3;5-7H,1-4H3/b;8-5+.